The Morgan fingerprint density at radius 2 is 2.00 bits per heavy atom. The van der Waals surface area contributed by atoms with Gasteiger partial charge in [-0.3, -0.25) is 9.59 Å². The molecule has 1 N–H and O–H groups in total. The van der Waals surface area contributed by atoms with Gasteiger partial charge in [-0.15, -0.1) is 0 Å². The van der Waals surface area contributed by atoms with E-state index in [0.717, 1.165) is 41.8 Å². The maximum atomic E-state index is 13.0. The molecule has 1 aliphatic heterocycles. The second-order valence-corrected chi connectivity index (χ2v) is 11.1. The molecule has 1 aromatic rings. The van der Waals surface area contributed by atoms with E-state index >= 15 is 0 Å². The Morgan fingerprint density at radius 1 is 1.29 bits per heavy atom. The first-order valence-corrected chi connectivity index (χ1v) is 11.9. The van der Waals surface area contributed by atoms with Gasteiger partial charge < -0.3 is 10.0 Å². The number of nitrogens with zero attached hydrogens (tertiary/aromatic N) is 1. The Kier molecular flexibility index (Phi) is 7.20. The van der Waals surface area contributed by atoms with Gasteiger partial charge in [-0.05, 0) is 66.2 Å². The van der Waals surface area contributed by atoms with Crippen molar-refractivity contribution in [2.75, 3.05) is 6.54 Å². The fourth-order valence-electron chi connectivity index (χ4n) is 4.63. The molecule has 5 heteroatoms. The minimum Gasteiger partial charge on any atom is -0.481 e. The number of hydrogen-bond donors (Lipinski definition) is 1. The molecular formula is C26H36ClNO3. The zero-order valence-corrected chi connectivity index (χ0v) is 20.1. The number of halogens is 1. The predicted molar refractivity (Wildman–Crippen MR) is 125 cm³/mol. The molecule has 1 atom stereocenters. The van der Waals surface area contributed by atoms with Crippen molar-refractivity contribution in [3.05, 3.63) is 46.1 Å². The number of rotatable bonds is 8. The minimum absolute atomic E-state index is 0.0592. The molecule has 0 bridgehead atoms. The van der Waals surface area contributed by atoms with Crippen LogP contribution < -0.4 is 0 Å². The van der Waals surface area contributed by atoms with Gasteiger partial charge in [-0.25, -0.2) is 0 Å². The normalized spacial score (nSPS) is 22.3. The fraction of sp³-hybridized carbons (Fsp3) is 0.615. The van der Waals surface area contributed by atoms with E-state index in [0.29, 0.717) is 25.3 Å². The summed E-state index contributed by atoms with van der Waals surface area (Å²) >= 11 is 6.71. The van der Waals surface area contributed by atoms with Gasteiger partial charge in [-0.2, -0.15) is 0 Å². The summed E-state index contributed by atoms with van der Waals surface area (Å²) in [5, 5.41) is 9.71. The smallest absolute Gasteiger partial charge is 0.303 e. The first-order valence-electron chi connectivity index (χ1n) is 11.5. The molecule has 0 saturated heterocycles. The van der Waals surface area contributed by atoms with E-state index in [2.05, 4.69) is 45.9 Å². The molecule has 1 heterocycles. The molecule has 0 spiro atoms. The summed E-state index contributed by atoms with van der Waals surface area (Å²) in [6.07, 6.45) is 8.52. The van der Waals surface area contributed by atoms with E-state index in [9.17, 15) is 9.59 Å². The summed E-state index contributed by atoms with van der Waals surface area (Å²) in [5.74, 6) is -0.276. The van der Waals surface area contributed by atoms with E-state index in [4.69, 9.17) is 16.7 Å². The first kappa shape index (κ1) is 23.8. The van der Waals surface area contributed by atoms with Crippen LogP contribution in [0.25, 0.3) is 0 Å². The van der Waals surface area contributed by atoms with Crippen LogP contribution in [0, 0.1) is 11.3 Å². The van der Waals surface area contributed by atoms with Crippen LogP contribution in [0.5, 0.6) is 0 Å². The van der Waals surface area contributed by atoms with E-state index in [1.165, 1.54) is 12.0 Å². The molecule has 0 unspecified atom stereocenters. The van der Waals surface area contributed by atoms with Crippen molar-refractivity contribution in [3.8, 4) is 0 Å². The molecule has 0 radical (unpaired) electrons. The minimum atomic E-state index is -0.821. The van der Waals surface area contributed by atoms with Crippen molar-refractivity contribution in [1.29, 1.82) is 0 Å². The van der Waals surface area contributed by atoms with Crippen molar-refractivity contribution < 1.29 is 14.7 Å². The zero-order chi connectivity index (χ0) is 22.8. The quantitative estimate of drug-likeness (QED) is 0.506. The van der Waals surface area contributed by atoms with E-state index < -0.39 is 5.97 Å². The molecule has 0 aromatic heterocycles. The van der Waals surface area contributed by atoms with E-state index in [1.54, 1.807) is 4.90 Å². The fourth-order valence-corrected chi connectivity index (χ4v) is 4.90. The lowest BCUT2D eigenvalue weighted by Crippen LogP contribution is -2.44. The average Bonchev–Trinajstić information content (AvgIpc) is 2.61. The number of carboxylic acid groups (broad SMARTS) is 1. The Bertz CT molecular complexity index is 866. The maximum absolute atomic E-state index is 13.0. The third kappa shape index (κ3) is 5.71. The van der Waals surface area contributed by atoms with Gasteiger partial charge in [0, 0.05) is 36.0 Å². The molecule has 1 aromatic carbocycles. The van der Waals surface area contributed by atoms with Crippen molar-refractivity contribution in [1.82, 2.24) is 4.90 Å². The van der Waals surface area contributed by atoms with Gasteiger partial charge in [0.05, 0.1) is 0 Å². The van der Waals surface area contributed by atoms with Crippen molar-refractivity contribution in [2.24, 2.45) is 11.3 Å². The number of carbonyl (C=O) groups excluding carboxylic acids is 1. The molecule has 1 fully saturated rings. The molecule has 1 amide bonds. The highest BCUT2D eigenvalue weighted by Gasteiger charge is 2.43. The zero-order valence-electron chi connectivity index (χ0n) is 19.3. The number of hydrogen-bond acceptors (Lipinski definition) is 2. The number of aryl methyl sites for hydroxylation is 1. The lowest BCUT2D eigenvalue weighted by molar-refractivity contribution is -0.138. The van der Waals surface area contributed by atoms with Crippen LogP contribution in [0.1, 0.15) is 83.8 Å². The third-order valence-corrected chi connectivity index (χ3v) is 7.28. The number of carboxylic acids is 1. The summed E-state index contributed by atoms with van der Waals surface area (Å²) in [5.41, 5.74) is 3.46. The molecule has 4 nitrogen and oxygen atoms in total. The van der Waals surface area contributed by atoms with Gasteiger partial charge in [0.2, 0.25) is 5.91 Å². The number of allylic oxidation sites excluding steroid dienone is 1. The number of benzene rings is 1. The summed E-state index contributed by atoms with van der Waals surface area (Å²) in [6.45, 7) is 9.35. The van der Waals surface area contributed by atoms with Crippen LogP contribution >= 0.6 is 11.6 Å². The van der Waals surface area contributed by atoms with Crippen LogP contribution in [0.3, 0.4) is 0 Å². The van der Waals surface area contributed by atoms with Crippen LogP contribution in [0.2, 0.25) is 5.02 Å². The molecule has 31 heavy (non-hydrogen) atoms. The largest absolute Gasteiger partial charge is 0.481 e. The molecule has 2 aliphatic rings. The lowest BCUT2D eigenvalue weighted by atomic mass is 9.63. The molecular weight excluding hydrogens is 410 g/mol. The standard InChI is InChI=1S/C26H36ClNO3/c1-25(2,3)13-12-19-10-11-20(15-22(19)27)26(4)16-23(29)28(14-6-9-24(30)31)17-21(26)18-7-5-8-18/h10-11,15,17-18H,5-9,12-14,16H2,1-4H3,(H,30,31)/t26-/m1/s1. The van der Waals surface area contributed by atoms with Gasteiger partial charge in [-0.1, -0.05) is 57.8 Å². The summed E-state index contributed by atoms with van der Waals surface area (Å²) in [7, 11) is 0. The number of carbonyl (C=O) groups is 2. The molecule has 170 valence electrons. The van der Waals surface area contributed by atoms with Crippen molar-refractivity contribution >= 4 is 23.5 Å². The van der Waals surface area contributed by atoms with Crippen molar-refractivity contribution in [2.45, 2.75) is 84.5 Å². The van der Waals surface area contributed by atoms with Crippen LogP contribution in [-0.2, 0) is 21.4 Å². The van der Waals surface area contributed by atoms with E-state index in [1.807, 2.05) is 6.20 Å². The van der Waals surface area contributed by atoms with E-state index in [-0.39, 0.29) is 23.2 Å². The van der Waals surface area contributed by atoms with Crippen LogP contribution in [0.4, 0.5) is 0 Å². The van der Waals surface area contributed by atoms with Crippen LogP contribution in [0.15, 0.2) is 30.0 Å². The molecule has 3 rings (SSSR count). The van der Waals surface area contributed by atoms with Gasteiger partial charge >= 0.3 is 5.97 Å². The summed E-state index contributed by atoms with van der Waals surface area (Å²) in [4.78, 5) is 25.6. The third-order valence-electron chi connectivity index (χ3n) is 6.93. The second-order valence-electron chi connectivity index (χ2n) is 10.7. The first-order chi connectivity index (χ1) is 14.5. The summed E-state index contributed by atoms with van der Waals surface area (Å²) in [6, 6.07) is 6.36. The lowest BCUT2D eigenvalue weighted by Gasteiger charge is -2.45. The van der Waals surface area contributed by atoms with Gasteiger partial charge in [0.25, 0.3) is 0 Å². The highest BCUT2D eigenvalue weighted by Crippen LogP contribution is 2.49. The Labute approximate surface area is 191 Å². The average molecular weight is 446 g/mol. The topological polar surface area (TPSA) is 57.6 Å². The predicted octanol–water partition coefficient (Wildman–Crippen LogP) is 6.36. The summed E-state index contributed by atoms with van der Waals surface area (Å²) < 4.78 is 0. The molecule has 1 aliphatic carbocycles. The van der Waals surface area contributed by atoms with Gasteiger partial charge in [0.15, 0.2) is 0 Å². The SMILES string of the molecule is CC(C)(C)CCc1ccc([C@@]2(C)CC(=O)N(CCCC(=O)O)C=C2C2CCC2)cc1Cl. The Morgan fingerprint density at radius 3 is 2.55 bits per heavy atom. The molecule has 1 saturated carbocycles. The maximum Gasteiger partial charge on any atom is 0.303 e. The number of amides is 1. The van der Waals surface area contributed by atoms with Crippen LogP contribution in [-0.4, -0.2) is 28.4 Å². The highest BCUT2D eigenvalue weighted by molar-refractivity contribution is 6.31. The van der Waals surface area contributed by atoms with Gasteiger partial charge in [0.1, 0.15) is 0 Å². The monoisotopic (exact) mass is 445 g/mol. The Hall–Kier alpha value is -1.81. The Balaban J connectivity index is 1.86. The number of aliphatic carboxylic acids is 1. The van der Waals surface area contributed by atoms with Crippen molar-refractivity contribution in [3.63, 3.8) is 0 Å². The second kappa shape index (κ2) is 9.36. The highest BCUT2D eigenvalue weighted by atomic mass is 35.5.